The standard InChI is InChI=1S/C32H26F6N4O4/c1-19-6-2-3-7-20(19)27-25(18-40-14-16-41(17-15-40)23-9-4-8-22-21(23)12-13-39-22)42(46-30(44)32(36,37)38)24-10-5-11-26(28(24)27)45-29(43)31(33,34)35/h2-13,39H,14-18H2,1H3. The lowest BCUT2D eigenvalue weighted by Gasteiger charge is -2.36. The predicted octanol–water partition coefficient (Wildman–Crippen LogP) is 6.41. The number of H-pyrrole nitrogens is 1. The molecular formula is C32H26F6N4O4. The Bertz CT molecular complexity index is 1940. The molecule has 8 nitrogen and oxygen atoms in total. The van der Waals surface area contributed by atoms with Gasteiger partial charge in [-0.3, -0.25) is 4.90 Å². The fourth-order valence-electron chi connectivity index (χ4n) is 5.80. The van der Waals surface area contributed by atoms with Crippen LogP contribution in [0.25, 0.3) is 32.9 Å². The van der Waals surface area contributed by atoms with Crippen LogP contribution in [0.2, 0.25) is 0 Å². The van der Waals surface area contributed by atoms with Gasteiger partial charge in [0.15, 0.2) is 0 Å². The van der Waals surface area contributed by atoms with Crippen LogP contribution in [0.4, 0.5) is 32.0 Å². The molecule has 1 aliphatic rings. The summed E-state index contributed by atoms with van der Waals surface area (Å²) in [7, 11) is 0. The summed E-state index contributed by atoms with van der Waals surface area (Å²) in [6.45, 7) is 3.70. The summed E-state index contributed by atoms with van der Waals surface area (Å²) in [6, 6.07) is 18.2. The molecule has 0 aliphatic carbocycles. The molecule has 0 saturated carbocycles. The van der Waals surface area contributed by atoms with E-state index in [1.807, 2.05) is 35.4 Å². The van der Waals surface area contributed by atoms with Crippen molar-refractivity contribution in [1.29, 1.82) is 0 Å². The lowest BCUT2D eigenvalue weighted by molar-refractivity contribution is -0.199. The van der Waals surface area contributed by atoms with E-state index in [4.69, 9.17) is 9.57 Å². The lowest BCUT2D eigenvalue weighted by Crippen LogP contribution is -2.46. The Morgan fingerprint density at radius 1 is 0.826 bits per heavy atom. The summed E-state index contributed by atoms with van der Waals surface area (Å²) in [4.78, 5) is 36.3. The second-order valence-electron chi connectivity index (χ2n) is 10.8. The molecule has 1 N–H and O–H groups in total. The van der Waals surface area contributed by atoms with Gasteiger partial charge in [-0.1, -0.05) is 36.4 Å². The van der Waals surface area contributed by atoms with Crippen molar-refractivity contribution in [1.82, 2.24) is 14.6 Å². The molecule has 2 aromatic heterocycles. The van der Waals surface area contributed by atoms with Gasteiger partial charge in [-0.15, -0.1) is 0 Å². The number of aromatic nitrogens is 2. The van der Waals surface area contributed by atoms with Crippen LogP contribution >= 0.6 is 0 Å². The highest BCUT2D eigenvalue weighted by molar-refractivity contribution is 6.04. The third-order valence-corrected chi connectivity index (χ3v) is 7.92. The highest BCUT2D eigenvalue weighted by Crippen LogP contribution is 2.42. The van der Waals surface area contributed by atoms with Gasteiger partial charge in [-0.2, -0.15) is 31.1 Å². The molecule has 0 atom stereocenters. The van der Waals surface area contributed by atoms with Crippen molar-refractivity contribution in [2.24, 2.45) is 0 Å². The largest absolute Gasteiger partial charge is 0.493 e. The van der Waals surface area contributed by atoms with Gasteiger partial charge in [-0.05, 0) is 48.4 Å². The third kappa shape index (κ3) is 5.87. The number of piperazine rings is 1. The molecular weight excluding hydrogens is 618 g/mol. The first-order valence-corrected chi connectivity index (χ1v) is 14.2. The quantitative estimate of drug-likeness (QED) is 0.131. The van der Waals surface area contributed by atoms with Gasteiger partial charge in [0.2, 0.25) is 0 Å². The molecule has 1 fully saturated rings. The summed E-state index contributed by atoms with van der Waals surface area (Å²) in [6.07, 6.45) is -8.87. The zero-order valence-corrected chi connectivity index (χ0v) is 24.2. The van der Waals surface area contributed by atoms with E-state index in [-0.39, 0.29) is 28.7 Å². The Kier molecular flexibility index (Phi) is 7.92. The van der Waals surface area contributed by atoms with Gasteiger partial charge in [0.25, 0.3) is 0 Å². The van der Waals surface area contributed by atoms with Crippen LogP contribution in [0.3, 0.4) is 0 Å². The molecule has 3 aromatic carbocycles. The fourth-order valence-corrected chi connectivity index (χ4v) is 5.80. The summed E-state index contributed by atoms with van der Waals surface area (Å²) in [5.74, 6) is -5.58. The number of carbonyl (C=O) groups excluding carboxylic acids is 2. The highest BCUT2D eigenvalue weighted by Gasteiger charge is 2.44. The van der Waals surface area contributed by atoms with Gasteiger partial charge in [0.05, 0.1) is 16.6 Å². The number of alkyl halides is 6. The number of aromatic amines is 1. The van der Waals surface area contributed by atoms with Crippen LogP contribution in [0.1, 0.15) is 11.3 Å². The Balaban J connectivity index is 1.45. The summed E-state index contributed by atoms with van der Waals surface area (Å²) in [5.41, 5.74) is 3.12. The van der Waals surface area contributed by atoms with Crippen LogP contribution in [0, 0.1) is 6.92 Å². The Morgan fingerprint density at radius 3 is 2.22 bits per heavy atom. The summed E-state index contributed by atoms with van der Waals surface area (Å²) < 4.78 is 85.7. The number of aryl methyl sites for hydroxylation is 1. The molecule has 14 heteroatoms. The van der Waals surface area contributed by atoms with E-state index in [1.54, 1.807) is 31.2 Å². The average Bonchev–Trinajstić information content (AvgIpc) is 3.60. The van der Waals surface area contributed by atoms with E-state index >= 15 is 0 Å². The Labute approximate surface area is 257 Å². The lowest BCUT2D eigenvalue weighted by atomic mass is 9.97. The van der Waals surface area contributed by atoms with E-state index < -0.39 is 30.0 Å². The zero-order chi connectivity index (χ0) is 32.8. The third-order valence-electron chi connectivity index (χ3n) is 7.92. The van der Waals surface area contributed by atoms with Gasteiger partial charge in [-0.25, -0.2) is 9.59 Å². The predicted molar refractivity (Wildman–Crippen MR) is 157 cm³/mol. The van der Waals surface area contributed by atoms with Crippen molar-refractivity contribution in [3.8, 4) is 16.9 Å². The number of anilines is 1. The molecule has 1 aliphatic heterocycles. The second kappa shape index (κ2) is 11.7. The molecule has 46 heavy (non-hydrogen) atoms. The SMILES string of the molecule is Cc1ccccc1-c1c(CN2CCN(c3cccc4[nH]ccc34)CC2)n(OC(=O)C(F)(F)F)c2cccc(OC(=O)C(F)(F)F)c12. The number of hydrogen-bond acceptors (Lipinski definition) is 6. The van der Waals surface area contributed by atoms with Crippen molar-refractivity contribution in [2.45, 2.75) is 25.8 Å². The number of carbonyl (C=O) groups is 2. The minimum atomic E-state index is -5.37. The number of nitrogens with one attached hydrogen (secondary N) is 1. The first-order chi connectivity index (χ1) is 21.8. The molecule has 0 spiro atoms. The van der Waals surface area contributed by atoms with E-state index in [2.05, 4.69) is 9.88 Å². The molecule has 3 heterocycles. The van der Waals surface area contributed by atoms with Crippen molar-refractivity contribution in [3.05, 3.63) is 84.2 Å². The van der Waals surface area contributed by atoms with Crippen LogP contribution in [-0.4, -0.2) is 65.1 Å². The van der Waals surface area contributed by atoms with Crippen molar-refractivity contribution < 1.29 is 45.5 Å². The normalized spacial score (nSPS) is 14.6. The first kappa shape index (κ1) is 31.0. The monoisotopic (exact) mass is 644 g/mol. The molecule has 0 amide bonds. The molecule has 0 radical (unpaired) electrons. The smallest absolute Gasteiger partial charge is 0.419 e. The maximum atomic E-state index is 13.5. The van der Waals surface area contributed by atoms with Crippen molar-refractivity contribution in [3.63, 3.8) is 0 Å². The van der Waals surface area contributed by atoms with Gasteiger partial charge < -0.3 is 19.5 Å². The second-order valence-corrected chi connectivity index (χ2v) is 10.8. The zero-order valence-electron chi connectivity index (χ0n) is 24.2. The van der Waals surface area contributed by atoms with E-state index in [9.17, 15) is 35.9 Å². The minimum absolute atomic E-state index is 0.0433. The number of fused-ring (bicyclic) bond motifs is 2. The van der Waals surface area contributed by atoms with Crippen molar-refractivity contribution >= 4 is 39.4 Å². The molecule has 5 aromatic rings. The number of benzene rings is 3. The molecule has 240 valence electrons. The number of halogens is 6. The Hall–Kier alpha value is -4.98. The number of ether oxygens (including phenoxy) is 1. The number of nitrogens with zero attached hydrogens (tertiary/aromatic N) is 3. The minimum Gasteiger partial charge on any atom is -0.419 e. The molecule has 0 unspecified atom stereocenters. The van der Waals surface area contributed by atoms with E-state index in [0.29, 0.717) is 42.0 Å². The topological polar surface area (TPSA) is 79.8 Å². The van der Waals surface area contributed by atoms with Crippen LogP contribution in [-0.2, 0) is 16.1 Å². The number of esters is 1. The summed E-state index contributed by atoms with van der Waals surface area (Å²) in [5, 5.41) is 0.926. The number of rotatable bonds is 6. The Morgan fingerprint density at radius 2 is 1.52 bits per heavy atom. The van der Waals surface area contributed by atoms with E-state index in [1.165, 1.54) is 12.1 Å². The van der Waals surface area contributed by atoms with Gasteiger partial charge in [0.1, 0.15) is 5.75 Å². The highest BCUT2D eigenvalue weighted by atomic mass is 19.4. The van der Waals surface area contributed by atoms with Gasteiger partial charge >= 0.3 is 24.3 Å². The molecule has 6 rings (SSSR count). The number of hydrogen-bond donors (Lipinski definition) is 1. The van der Waals surface area contributed by atoms with Crippen LogP contribution in [0.15, 0.2) is 72.9 Å². The summed E-state index contributed by atoms with van der Waals surface area (Å²) >= 11 is 0. The molecule has 1 saturated heterocycles. The maximum absolute atomic E-state index is 13.5. The van der Waals surface area contributed by atoms with E-state index in [0.717, 1.165) is 22.7 Å². The van der Waals surface area contributed by atoms with Crippen molar-refractivity contribution in [2.75, 3.05) is 31.1 Å². The average molecular weight is 645 g/mol. The van der Waals surface area contributed by atoms with Crippen LogP contribution < -0.4 is 14.5 Å². The van der Waals surface area contributed by atoms with Crippen LogP contribution in [0.5, 0.6) is 5.75 Å². The fraction of sp³-hybridized carbons (Fsp3) is 0.250. The molecule has 0 bridgehead atoms. The first-order valence-electron chi connectivity index (χ1n) is 14.2. The van der Waals surface area contributed by atoms with Gasteiger partial charge in [0, 0.05) is 61.1 Å². The maximum Gasteiger partial charge on any atom is 0.493 e.